The first-order chi connectivity index (χ1) is 11.1. The van der Waals surface area contributed by atoms with Gasteiger partial charge in [0.1, 0.15) is 0 Å². The first kappa shape index (κ1) is 17.7. The summed E-state index contributed by atoms with van der Waals surface area (Å²) in [5.74, 6) is -0.421. The van der Waals surface area contributed by atoms with Crippen LogP contribution in [0.2, 0.25) is 0 Å². The first-order valence-electron chi connectivity index (χ1n) is 7.83. The molecule has 0 radical (unpaired) electrons. The molecule has 0 saturated carbocycles. The van der Waals surface area contributed by atoms with Crippen LogP contribution < -0.4 is 10.6 Å². The van der Waals surface area contributed by atoms with Crippen molar-refractivity contribution in [3.05, 3.63) is 41.2 Å². The molecule has 0 aliphatic heterocycles. The lowest BCUT2D eigenvalue weighted by atomic mass is 9.95. The standard InChI is InChI=1S/C18H24N4O2/c1-11-15(12(2)22(6)21-11)20-16(23)13-9-7-8-10-14(13)19-17(24)18(3,4)5/h7-10H,1-6H3,(H,19,24)(H,20,23). The Labute approximate surface area is 142 Å². The highest BCUT2D eigenvalue weighted by molar-refractivity contribution is 6.10. The van der Waals surface area contributed by atoms with E-state index in [0.717, 1.165) is 11.4 Å². The summed E-state index contributed by atoms with van der Waals surface area (Å²) in [6, 6.07) is 6.97. The van der Waals surface area contributed by atoms with Gasteiger partial charge in [-0.2, -0.15) is 5.10 Å². The summed E-state index contributed by atoms with van der Waals surface area (Å²) in [6.07, 6.45) is 0. The van der Waals surface area contributed by atoms with Crippen molar-refractivity contribution >= 4 is 23.2 Å². The molecule has 1 aromatic carbocycles. The van der Waals surface area contributed by atoms with Gasteiger partial charge in [-0.3, -0.25) is 14.3 Å². The molecule has 0 spiro atoms. The maximum atomic E-state index is 12.7. The molecule has 0 aliphatic carbocycles. The second-order valence-corrected chi connectivity index (χ2v) is 6.87. The SMILES string of the molecule is Cc1nn(C)c(C)c1NC(=O)c1ccccc1NC(=O)C(C)(C)C. The number of aryl methyl sites for hydroxylation is 2. The van der Waals surface area contributed by atoms with Crippen LogP contribution in [0.3, 0.4) is 0 Å². The van der Waals surface area contributed by atoms with Gasteiger partial charge >= 0.3 is 0 Å². The number of nitrogens with one attached hydrogen (secondary N) is 2. The van der Waals surface area contributed by atoms with E-state index in [1.165, 1.54) is 0 Å². The van der Waals surface area contributed by atoms with E-state index >= 15 is 0 Å². The largest absolute Gasteiger partial charge is 0.325 e. The number of carbonyl (C=O) groups is 2. The van der Waals surface area contributed by atoms with Crippen LogP contribution in [0.15, 0.2) is 24.3 Å². The number of para-hydroxylation sites is 1. The Morgan fingerprint density at radius 2 is 1.71 bits per heavy atom. The molecule has 128 valence electrons. The molecule has 2 amide bonds. The Morgan fingerprint density at radius 1 is 1.08 bits per heavy atom. The highest BCUT2D eigenvalue weighted by atomic mass is 16.2. The van der Waals surface area contributed by atoms with E-state index < -0.39 is 5.41 Å². The lowest BCUT2D eigenvalue weighted by Gasteiger charge is -2.19. The molecule has 24 heavy (non-hydrogen) atoms. The molecule has 0 bridgehead atoms. The van der Waals surface area contributed by atoms with Crippen LogP contribution in [-0.2, 0) is 11.8 Å². The normalized spacial score (nSPS) is 11.2. The van der Waals surface area contributed by atoms with E-state index in [0.29, 0.717) is 16.9 Å². The molecule has 2 N–H and O–H groups in total. The van der Waals surface area contributed by atoms with Crippen LogP contribution >= 0.6 is 0 Å². The van der Waals surface area contributed by atoms with Gasteiger partial charge in [0, 0.05) is 12.5 Å². The van der Waals surface area contributed by atoms with Gasteiger partial charge < -0.3 is 10.6 Å². The Hall–Kier alpha value is -2.63. The number of carbonyl (C=O) groups excluding carboxylic acids is 2. The van der Waals surface area contributed by atoms with E-state index in [1.54, 1.807) is 28.9 Å². The number of rotatable bonds is 3. The van der Waals surface area contributed by atoms with Crippen molar-refractivity contribution in [3.8, 4) is 0 Å². The summed E-state index contributed by atoms with van der Waals surface area (Å²) in [6.45, 7) is 9.22. The quantitative estimate of drug-likeness (QED) is 0.908. The third-order valence-electron chi connectivity index (χ3n) is 3.85. The molecule has 0 unspecified atom stereocenters. The number of hydrogen-bond acceptors (Lipinski definition) is 3. The maximum Gasteiger partial charge on any atom is 0.257 e. The Kier molecular flexibility index (Phi) is 4.78. The zero-order valence-corrected chi connectivity index (χ0v) is 15.0. The van der Waals surface area contributed by atoms with E-state index in [2.05, 4.69) is 15.7 Å². The lowest BCUT2D eigenvalue weighted by Crippen LogP contribution is -2.28. The molecule has 1 heterocycles. The van der Waals surface area contributed by atoms with Gasteiger partial charge in [-0.1, -0.05) is 32.9 Å². The molecule has 6 heteroatoms. The molecule has 2 aromatic rings. The third kappa shape index (κ3) is 3.64. The fourth-order valence-corrected chi connectivity index (χ4v) is 2.24. The van der Waals surface area contributed by atoms with Crippen molar-refractivity contribution in [3.63, 3.8) is 0 Å². The predicted molar refractivity (Wildman–Crippen MR) is 95.2 cm³/mol. The summed E-state index contributed by atoms with van der Waals surface area (Å²) >= 11 is 0. The average molecular weight is 328 g/mol. The van der Waals surface area contributed by atoms with Crippen LogP contribution in [0.4, 0.5) is 11.4 Å². The van der Waals surface area contributed by atoms with E-state index in [4.69, 9.17) is 0 Å². The summed E-state index contributed by atoms with van der Waals surface area (Å²) in [5, 5.41) is 10.0. The van der Waals surface area contributed by atoms with Crippen LogP contribution in [0.25, 0.3) is 0 Å². The summed E-state index contributed by atoms with van der Waals surface area (Å²) in [4.78, 5) is 24.9. The highest BCUT2D eigenvalue weighted by Gasteiger charge is 2.23. The van der Waals surface area contributed by atoms with Crippen molar-refractivity contribution in [2.75, 3.05) is 10.6 Å². The molecule has 6 nitrogen and oxygen atoms in total. The molecule has 2 rings (SSSR count). The van der Waals surface area contributed by atoms with Crippen molar-refractivity contribution in [1.29, 1.82) is 0 Å². The monoisotopic (exact) mass is 328 g/mol. The van der Waals surface area contributed by atoms with Crippen LogP contribution in [0.1, 0.15) is 42.5 Å². The van der Waals surface area contributed by atoms with E-state index in [1.807, 2.05) is 41.7 Å². The van der Waals surface area contributed by atoms with Gasteiger partial charge in [0.15, 0.2) is 0 Å². The van der Waals surface area contributed by atoms with Crippen LogP contribution in [-0.4, -0.2) is 21.6 Å². The fraction of sp³-hybridized carbons (Fsp3) is 0.389. The van der Waals surface area contributed by atoms with Gasteiger partial charge in [-0.05, 0) is 26.0 Å². The highest BCUT2D eigenvalue weighted by Crippen LogP contribution is 2.23. The van der Waals surface area contributed by atoms with Gasteiger partial charge in [-0.15, -0.1) is 0 Å². The maximum absolute atomic E-state index is 12.7. The minimum Gasteiger partial charge on any atom is -0.325 e. The molecule has 0 aliphatic rings. The Bertz CT molecular complexity index is 785. The predicted octanol–water partition coefficient (Wildman–Crippen LogP) is 3.27. The summed E-state index contributed by atoms with van der Waals surface area (Å²) in [5.41, 5.74) is 2.68. The van der Waals surface area contributed by atoms with Gasteiger partial charge in [0.05, 0.1) is 28.3 Å². The van der Waals surface area contributed by atoms with Gasteiger partial charge in [0.25, 0.3) is 5.91 Å². The molecule has 0 atom stereocenters. The van der Waals surface area contributed by atoms with Gasteiger partial charge in [0.2, 0.25) is 5.91 Å². The molecule has 1 aromatic heterocycles. The summed E-state index contributed by atoms with van der Waals surface area (Å²) < 4.78 is 1.72. The van der Waals surface area contributed by atoms with Crippen molar-refractivity contribution in [2.45, 2.75) is 34.6 Å². The van der Waals surface area contributed by atoms with Crippen molar-refractivity contribution in [1.82, 2.24) is 9.78 Å². The fourth-order valence-electron chi connectivity index (χ4n) is 2.24. The topological polar surface area (TPSA) is 76.0 Å². The third-order valence-corrected chi connectivity index (χ3v) is 3.85. The van der Waals surface area contributed by atoms with Crippen LogP contribution in [0, 0.1) is 19.3 Å². The minimum absolute atomic E-state index is 0.142. The number of aromatic nitrogens is 2. The number of amides is 2. The summed E-state index contributed by atoms with van der Waals surface area (Å²) in [7, 11) is 1.83. The van der Waals surface area contributed by atoms with Crippen molar-refractivity contribution < 1.29 is 9.59 Å². The number of benzene rings is 1. The second-order valence-electron chi connectivity index (χ2n) is 6.87. The molecular weight excluding hydrogens is 304 g/mol. The van der Waals surface area contributed by atoms with E-state index in [-0.39, 0.29) is 11.8 Å². The van der Waals surface area contributed by atoms with Gasteiger partial charge in [-0.25, -0.2) is 0 Å². The van der Waals surface area contributed by atoms with E-state index in [9.17, 15) is 9.59 Å². The van der Waals surface area contributed by atoms with Crippen molar-refractivity contribution in [2.24, 2.45) is 12.5 Å². The number of anilines is 2. The lowest BCUT2D eigenvalue weighted by molar-refractivity contribution is -0.123. The zero-order valence-electron chi connectivity index (χ0n) is 15.0. The molecule has 0 fully saturated rings. The average Bonchev–Trinajstić information content (AvgIpc) is 2.73. The molecular formula is C18H24N4O2. The number of nitrogens with zero attached hydrogens (tertiary/aromatic N) is 2. The smallest absolute Gasteiger partial charge is 0.257 e. The second kappa shape index (κ2) is 6.47. The Balaban J connectivity index is 2.29. The molecule has 0 saturated heterocycles. The Morgan fingerprint density at radius 3 is 2.25 bits per heavy atom. The minimum atomic E-state index is -0.542. The number of hydrogen-bond donors (Lipinski definition) is 2. The first-order valence-corrected chi connectivity index (χ1v) is 7.83. The zero-order chi connectivity index (χ0) is 18.1. The van der Waals surface area contributed by atoms with Crippen LogP contribution in [0.5, 0.6) is 0 Å².